The van der Waals surface area contributed by atoms with Crippen molar-refractivity contribution in [2.75, 3.05) is 0 Å². The van der Waals surface area contributed by atoms with Crippen molar-refractivity contribution in [2.24, 2.45) is 0 Å². The largest absolute Gasteiger partial charge is 0.437 e. The maximum Gasteiger partial charge on any atom is 0.437 e. The van der Waals surface area contributed by atoms with Crippen LogP contribution in [0.1, 0.15) is 47.4 Å². The molecule has 0 unspecified atom stereocenters. The van der Waals surface area contributed by atoms with Crippen molar-refractivity contribution < 1.29 is 4.42 Å². The second kappa shape index (κ2) is 7.32. The number of hydrogen-bond donors (Lipinski definition) is 0. The first-order valence-corrected chi connectivity index (χ1v) is 9.93. The molecule has 154 valence electrons. The second-order valence-corrected chi connectivity index (χ2v) is 7.77. The number of fused-ring (bicyclic) bond motifs is 1. The van der Waals surface area contributed by atoms with Crippen LogP contribution >= 0.6 is 0 Å². The predicted molar refractivity (Wildman–Crippen MR) is 111 cm³/mol. The zero-order chi connectivity index (χ0) is 21.5. The van der Waals surface area contributed by atoms with Crippen molar-refractivity contribution in [3.05, 3.63) is 86.3 Å². The molecule has 3 aromatic heterocycles. The van der Waals surface area contributed by atoms with Gasteiger partial charge in [0.15, 0.2) is 5.65 Å². The summed E-state index contributed by atoms with van der Waals surface area (Å²) in [6, 6.07) is 11.3. The van der Waals surface area contributed by atoms with Crippen molar-refractivity contribution >= 4 is 11.0 Å². The van der Waals surface area contributed by atoms with E-state index in [2.05, 4.69) is 21.1 Å². The number of aromatic nitrogens is 5. The maximum atomic E-state index is 12.8. The number of aryl methyl sites for hydroxylation is 1. The maximum absolute atomic E-state index is 12.8. The van der Waals surface area contributed by atoms with Crippen LogP contribution in [0, 0.1) is 18.3 Å². The first-order valence-electron chi connectivity index (χ1n) is 9.93. The Kier molecular flexibility index (Phi) is 4.47. The van der Waals surface area contributed by atoms with Gasteiger partial charge in [0.25, 0.3) is 5.56 Å². The van der Waals surface area contributed by atoms with Gasteiger partial charge in [0.1, 0.15) is 12.9 Å². The van der Waals surface area contributed by atoms with Crippen LogP contribution in [0.4, 0.5) is 0 Å². The Hall–Kier alpha value is -4.06. The summed E-state index contributed by atoms with van der Waals surface area (Å²) in [5, 5.41) is 13.7. The molecule has 0 radical (unpaired) electrons. The molecule has 0 saturated heterocycles. The smallest absolute Gasteiger partial charge is 0.390 e. The quantitative estimate of drug-likeness (QED) is 0.502. The summed E-state index contributed by atoms with van der Waals surface area (Å²) in [6.07, 6.45) is 4.53. The number of nitrogens with zero attached hydrogens (tertiary/aromatic N) is 6. The van der Waals surface area contributed by atoms with Crippen molar-refractivity contribution in [1.82, 2.24) is 24.3 Å². The summed E-state index contributed by atoms with van der Waals surface area (Å²) < 4.78 is 8.03. The Morgan fingerprint density at radius 1 is 1.16 bits per heavy atom. The van der Waals surface area contributed by atoms with Gasteiger partial charge < -0.3 is 4.42 Å². The molecule has 0 bridgehead atoms. The van der Waals surface area contributed by atoms with E-state index >= 15 is 0 Å². The lowest BCUT2D eigenvalue weighted by molar-refractivity contribution is 0.233. The molecule has 0 atom stereocenters. The van der Waals surface area contributed by atoms with Crippen molar-refractivity contribution in [3.63, 3.8) is 0 Å². The Balaban J connectivity index is 1.34. The van der Waals surface area contributed by atoms with Crippen molar-refractivity contribution in [3.8, 4) is 6.07 Å². The first-order chi connectivity index (χ1) is 15.0. The third kappa shape index (κ3) is 3.32. The highest BCUT2D eigenvalue weighted by molar-refractivity contribution is 5.76. The van der Waals surface area contributed by atoms with E-state index in [-0.39, 0.29) is 24.0 Å². The van der Waals surface area contributed by atoms with Crippen molar-refractivity contribution in [1.29, 1.82) is 5.26 Å². The summed E-state index contributed by atoms with van der Waals surface area (Å²) in [6.45, 7) is 1.84. The number of pyridine rings is 1. The minimum atomic E-state index is -0.530. The lowest BCUT2D eigenvalue weighted by Crippen LogP contribution is -2.31. The number of hydrogen-bond acceptors (Lipinski definition) is 7. The third-order valence-corrected chi connectivity index (χ3v) is 5.82. The highest BCUT2D eigenvalue weighted by Gasteiger charge is 2.34. The Morgan fingerprint density at radius 2 is 1.94 bits per heavy atom. The molecule has 0 amide bonds. The van der Waals surface area contributed by atoms with Crippen LogP contribution in [-0.4, -0.2) is 24.3 Å². The molecule has 1 aliphatic rings. The first kappa shape index (κ1) is 18.9. The van der Waals surface area contributed by atoms with Gasteiger partial charge in [-0.2, -0.15) is 9.94 Å². The molecule has 1 saturated carbocycles. The standard InChI is InChI=1S/C22H18N6O3/c1-13-6-7-24-20-19(13)21(29)27(12-25-20)11-18-26-28(22(30)31-18)17-8-16(9-17)15-4-2-14(10-23)3-5-15/h2-7,12,16-17H,8-9,11H2,1H3/t16-,17-. The van der Waals surface area contributed by atoms with Gasteiger partial charge in [0.2, 0.25) is 5.89 Å². The molecule has 0 N–H and O–H groups in total. The molecule has 31 heavy (non-hydrogen) atoms. The third-order valence-electron chi connectivity index (χ3n) is 5.82. The van der Waals surface area contributed by atoms with E-state index < -0.39 is 5.76 Å². The fourth-order valence-electron chi connectivity index (χ4n) is 4.00. The van der Waals surface area contributed by atoms with E-state index in [4.69, 9.17) is 9.68 Å². The Bertz CT molecular complexity index is 1440. The summed E-state index contributed by atoms with van der Waals surface area (Å²) in [5.74, 6) is -0.0536. The van der Waals surface area contributed by atoms with Gasteiger partial charge in [-0.15, -0.1) is 5.10 Å². The van der Waals surface area contributed by atoms with Gasteiger partial charge in [-0.3, -0.25) is 9.36 Å². The monoisotopic (exact) mass is 414 g/mol. The lowest BCUT2D eigenvalue weighted by Gasteiger charge is -2.34. The molecule has 1 aliphatic carbocycles. The molecule has 9 nitrogen and oxygen atoms in total. The average molecular weight is 414 g/mol. The fourth-order valence-corrected chi connectivity index (χ4v) is 4.00. The Labute approximate surface area is 176 Å². The SMILES string of the molecule is Cc1ccnc2ncn(Cc3nn([C@H]4C[C@H](c5ccc(C#N)cc5)C4)c(=O)o3)c(=O)c12. The lowest BCUT2D eigenvalue weighted by atomic mass is 9.76. The van der Waals surface area contributed by atoms with Gasteiger partial charge in [0.05, 0.1) is 23.1 Å². The number of nitriles is 1. The van der Waals surface area contributed by atoms with Crippen LogP contribution < -0.4 is 11.3 Å². The molecule has 3 heterocycles. The number of rotatable bonds is 4. The highest BCUT2D eigenvalue weighted by atomic mass is 16.4. The molecule has 5 rings (SSSR count). The van der Waals surface area contributed by atoms with Crippen LogP contribution in [0.5, 0.6) is 0 Å². The molecule has 9 heteroatoms. The zero-order valence-electron chi connectivity index (χ0n) is 16.7. The fraction of sp³-hybridized carbons (Fsp3) is 0.273. The van der Waals surface area contributed by atoms with E-state index in [1.165, 1.54) is 15.6 Å². The van der Waals surface area contributed by atoms with Gasteiger partial charge >= 0.3 is 5.76 Å². The second-order valence-electron chi connectivity index (χ2n) is 7.77. The van der Waals surface area contributed by atoms with E-state index in [1.807, 2.05) is 19.1 Å². The van der Waals surface area contributed by atoms with E-state index in [1.54, 1.807) is 24.4 Å². The minimum absolute atomic E-state index is 0.0180. The Morgan fingerprint density at radius 3 is 2.68 bits per heavy atom. The van der Waals surface area contributed by atoms with Crippen LogP contribution in [0.25, 0.3) is 11.0 Å². The van der Waals surface area contributed by atoms with Crippen LogP contribution in [0.3, 0.4) is 0 Å². The average Bonchev–Trinajstić information content (AvgIpc) is 3.09. The van der Waals surface area contributed by atoms with Gasteiger partial charge in [0, 0.05) is 6.20 Å². The topological polar surface area (TPSA) is 120 Å². The van der Waals surface area contributed by atoms with E-state index in [0.29, 0.717) is 22.5 Å². The molecular weight excluding hydrogens is 396 g/mol. The van der Waals surface area contributed by atoms with E-state index in [9.17, 15) is 9.59 Å². The zero-order valence-corrected chi connectivity index (χ0v) is 16.7. The molecule has 0 aliphatic heterocycles. The van der Waals surface area contributed by atoms with Gasteiger partial charge in [-0.05, 0) is 55.0 Å². The molecular formula is C22H18N6O3. The van der Waals surface area contributed by atoms with Crippen LogP contribution in [0.15, 0.2) is 56.9 Å². The summed E-state index contributed by atoms with van der Waals surface area (Å²) in [7, 11) is 0. The van der Waals surface area contributed by atoms with Gasteiger partial charge in [-0.25, -0.2) is 14.8 Å². The summed E-state index contributed by atoms with van der Waals surface area (Å²) in [4.78, 5) is 33.5. The normalized spacial score (nSPS) is 17.9. The minimum Gasteiger partial charge on any atom is -0.390 e. The van der Waals surface area contributed by atoms with Crippen LogP contribution in [0.2, 0.25) is 0 Å². The van der Waals surface area contributed by atoms with Crippen molar-refractivity contribution in [2.45, 2.75) is 38.3 Å². The molecule has 0 spiro atoms. The van der Waals surface area contributed by atoms with E-state index in [0.717, 1.165) is 24.0 Å². The molecule has 1 aromatic carbocycles. The highest BCUT2D eigenvalue weighted by Crippen LogP contribution is 2.43. The van der Waals surface area contributed by atoms with Crippen LogP contribution in [-0.2, 0) is 6.54 Å². The number of benzene rings is 1. The predicted octanol–water partition coefficient (Wildman–Crippen LogP) is 2.29. The molecule has 4 aromatic rings. The summed E-state index contributed by atoms with van der Waals surface area (Å²) in [5.41, 5.74) is 2.69. The van der Waals surface area contributed by atoms with Gasteiger partial charge in [-0.1, -0.05) is 12.1 Å². The summed E-state index contributed by atoms with van der Waals surface area (Å²) >= 11 is 0. The molecule has 1 fully saturated rings.